The number of nitrogens with two attached hydrogens (primary N) is 1. The number of hydrogen-bond acceptors (Lipinski definition) is 3. The highest BCUT2D eigenvalue weighted by atomic mass is 19.1. The molecule has 1 aromatic carbocycles. The summed E-state index contributed by atoms with van der Waals surface area (Å²) < 4.78 is 13.2. The predicted molar refractivity (Wildman–Crippen MR) is 51.4 cm³/mol. The Hall–Kier alpha value is -1.44. The molecule has 1 rings (SSSR count). The van der Waals surface area contributed by atoms with Crippen molar-refractivity contribution in [1.82, 2.24) is 5.43 Å². The van der Waals surface area contributed by atoms with Crippen LogP contribution in [0, 0.1) is 17.1 Å². The molecule has 1 unspecified atom stereocenters. The van der Waals surface area contributed by atoms with Gasteiger partial charge in [0.25, 0.3) is 0 Å². The van der Waals surface area contributed by atoms with E-state index in [1.165, 1.54) is 6.07 Å². The molecule has 1 atom stereocenters. The smallest absolute Gasteiger partial charge is 0.126 e. The molecule has 0 heterocycles. The SMILES string of the molecule is CC(C#N)(Cc1ccccc1F)NN. The van der Waals surface area contributed by atoms with E-state index in [1.807, 2.05) is 6.07 Å². The van der Waals surface area contributed by atoms with Crippen molar-refractivity contribution in [2.24, 2.45) is 5.84 Å². The Kier molecular flexibility index (Phi) is 3.18. The first-order valence-corrected chi connectivity index (χ1v) is 4.24. The fourth-order valence-corrected chi connectivity index (χ4v) is 1.15. The van der Waals surface area contributed by atoms with E-state index in [0.29, 0.717) is 5.56 Å². The van der Waals surface area contributed by atoms with Gasteiger partial charge >= 0.3 is 0 Å². The van der Waals surface area contributed by atoms with Crippen LogP contribution in [0.15, 0.2) is 24.3 Å². The first-order valence-electron chi connectivity index (χ1n) is 4.24. The summed E-state index contributed by atoms with van der Waals surface area (Å²) in [5.41, 5.74) is 1.93. The van der Waals surface area contributed by atoms with Gasteiger partial charge in [-0.2, -0.15) is 5.26 Å². The summed E-state index contributed by atoms with van der Waals surface area (Å²) in [6.45, 7) is 1.62. The van der Waals surface area contributed by atoms with Crippen molar-refractivity contribution >= 4 is 0 Å². The van der Waals surface area contributed by atoms with E-state index < -0.39 is 5.54 Å². The summed E-state index contributed by atoms with van der Waals surface area (Å²) in [5, 5.41) is 8.82. The highest BCUT2D eigenvalue weighted by Gasteiger charge is 2.23. The van der Waals surface area contributed by atoms with Crippen molar-refractivity contribution in [2.45, 2.75) is 18.9 Å². The van der Waals surface area contributed by atoms with E-state index in [2.05, 4.69) is 5.43 Å². The maximum atomic E-state index is 13.2. The van der Waals surface area contributed by atoms with Crippen molar-refractivity contribution in [1.29, 1.82) is 5.26 Å². The van der Waals surface area contributed by atoms with Crippen LogP contribution in [0.4, 0.5) is 4.39 Å². The van der Waals surface area contributed by atoms with Crippen molar-refractivity contribution in [3.63, 3.8) is 0 Å². The van der Waals surface area contributed by atoms with Crippen LogP contribution in [0.1, 0.15) is 12.5 Å². The molecule has 3 N–H and O–H groups in total. The standard InChI is InChI=1S/C10H12FN3/c1-10(7-12,14-13)6-8-4-2-3-5-9(8)11/h2-5,14H,6,13H2,1H3. The minimum Gasteiger partial charge on any atom is -0.270 e. The summed E-state index contributed by atoms with van der Waals surface area (Å²) in [4.78, 5) is 0. The summed E-state index contributed by atoms with van der Waals surface area (Å²) in [7, 11) is 0. The van der Waals surface area contributed by atoms with Crippen LogP contribution in [0.2, 0.25) is 0 Å². The molecule has 0 saturated heterocycles. The fraction of sp³-hybridized carbons (Fsp3) is 0.300. The maximum absolute atomic E-state index is 13.2. The summed E-state index contributed by atoms with van der Waals surface area (Å²) in [5.74, 6) is 4.90. The van der Waals surface area contributed by atoms with Gasteiger partial charge in [0, 0.05) is 6.42 Å². The summed E-state index contributed by atoms with van der Waals surface area (Å²) >= 11 is 0. The van der Waals surface area contributed by atoms with Crippen molar-refractivity contribution < 1.29 is 4.39 Å². The minimum atomic E-state index is -0.928. The number of nitrogens with zero attached hydrogens (tertiary/aromatic N) is 1. The second-order valence-electron chi connectivity index (χ2n) is 3.36. The van der Waals surface area contributed by atoms with Crippen LogP contribution in [0.5, 0.6) is 0 Å². The Morgan fingerprint density at radius 2 is 2.21 bits per heavy atom. The molecule has 0 saturated carbocycles. The van der Waals surface area contributed by atoms with Crippen molar-refractivity contribution in [2.75, 3.05) is 0 Å². The topological polar surface area (TPSA) is 61.8 Å². The lowest BCUT2D eigenvalue weighted by Gasteiger charge is -2.20. The monoisotopic (exact) mass is 193 g/mol. The van der Waals surface area contributed by atoms with Crippen LogP contribution in [-0.2, 0) is 6.42 Å². The number of nitriles is 1. The highest BCUT2D eigenvalue weighted by molar-refractivity contribution is 5.22. The van der Waals surface area contributed by atoms with Crippen molar-refractivity contribution in [3.8, 4) is 6.07 Å². The van der Waals surface area contributed by atoms with E-state index in [0.717, 1.165) is 0 Å². The zero-order valence-electron chi connectivity index (χ0n) is 7.92. The molecular weight excluding hydrogens is 181 g/mol. The van der Waals surface area contributed by atoms with Gasteiger partial charge in [0.05, 0.1) is 6.07 Å². The third kappa shape index (κ3) is 2.28. The third-order valence-electron chi connectivity index (χ3n) is 2.07. The number of rotatable bonds is 3. The molecule has 0 aliphatic carbocycles. The van der Waals surface area contributed by atoms with E-state index in [9.17, 15) is 4.39 Å². The molecule has 4 heteroatoms. The number of hydrogen-bond donors (Lipinski definition) is 2. The van der Waals surface area contributed by atoms with Crippen LogP contribution in [0.3, 0.4) is 0 Å². The van der Waals surface area contributed by atoms with E-state index >= 15 is 0 Å². The van der Waals surface area contributed by atoms with E-state index in [-0.39, 0.29) is 12.2 Å². The van der Waals surface area contributed by atoms with Crippen LogP contribution >= 0.6 is 0 Å². The lowest BCUT2D eigenvalue weighted by Crippen LogP contribution is -2.47. The van der Waals surface area contributed by atoms with Gasteiger partial charge in [-0.3, -0.25) is 5.84 Å². The van der Waals surface area contributed by atoms with Gasteiger partial charge in [0.2, 0.25) is 0 Å². The second kappa shape index (κ2) is 4.18. The van der Waals surface area contributed by atoms with Gasteiger partial charge in [-0.25, -0.2) is 9.82 Å². The molecule has 0 spiro atoms. The van der Waals surface area contributed by atoms with Crippen LogP contribution in [-0.4, -0.2) is 5.54 Å². The lowest BCUT2D eigenvalue weighted by molar-refractivity contribution is 0.448. The second-order valence-corrected chi connectivity index (χ2v) is 3.36. The zero-order chi connectivity index (χ0) is 10.6. The van der Waals surface area contributed by atoms with Gasteiger partial charge in [-0.1, -0.05) is 18.2 Å². The normalized spacial score (nSPS) is 14.4. The molecule has 0 radical (unpaired) electrons. The van der Waals surface area contributed by atoms with Gasteiger partial charge < -0.3 is 0 Å². The summed E-state index contributed by atoms with van der Waals surface area (Å²) in [6.07, 6.45) is 0.243. The summed E-state index contributed by atoms with van der Waals surface area (Å²) in [6, 6.07) is 8.35. The quantitative estimate of drug-likeness (QED) is 0.558. The molecule has 74 valence electrons. The van der Waals surface area contributed by atoms with Crippen LogP contribution in [0.25, 0.3) is 0 Å². The van der Waals surface area contributed by atoms with Gasteiger partial charge in [0.15, 0.2) is 0 Å². The predicted octanol–water partition coefficient (Wildman–Crippen LogP) is 1.11. The number of hydrazine groups is 1. The molecule has 14 heavy (non-hydrogen) atoms. The maximum Gasteiger partial charge on any atom is 0.126 e. The first kappa shape index (κ1) is 10.6. The van der Waals surface area contributed by atoms with E-state index in [4.69, 9.17) is 11.1 Å². The molecule has 0 fully saturated rings. The third-order valence-corrected chi connectivity index (χ3v) is 2.07. The molecule has 3 nitrogen and oxygen atoms in total. The fourth-order valence-electron chi connectivity index (χ4n) is 1.15. The van der Waals surface area contributed by atoms with Gasteiger partial charge in [-0.15, -0.1) is 0 Å². The Morgan fingerprint density at radius 1 is 1.57 bits per heavy atom. The highest BCUT2D eigenvalue weighted by Crippen LogP contribution is 2.14. The Morgan fingerprint density at radius 3 is 2.71 bits per heavy atom. The Bertz CT molecular complexity index is 359. The number of benzene rings is 1. The Labute approximate surface area is 82.3 Å². The average Bonchev–Trinajstić information content (AvgIpc) is 2.21. The molecule has 0 aromatic heterocycles. The van der Waals surface area contributed by atoms with Gasteiger partial charge in [-0.05, 0) is 18.6 Å². The molecule has 1 aromatic rings. The Balaban J connectivity index is 2.89. The zero-order valence-corrected chi connectivity index (χ0v) is 7.92. The molecule has 0 bridgehead atoms. The molecule has 0 aliphatic rings. The van der Waals surface area contributed by atoms with Crippen molar-refractivity contribution in [3.05, 3.63) is 35.6 Å². The molecule has 0 amide bonds. The van der Waals surface area contributed by atoms with Crippen LogP contribution < -0.4 is 11.3 Å². The molecular formula is C10H12FN3. The minimum absolute atomic E-state index is 0.243. The average molecular weight is 193 g/mol. The first-order chi connectivity index (χ1) is 6.61. The van der Waals surface area contributed by atoms with E-state index in [1.54, 1.807) is 25.1 Å². The molecule has 0 aliphatic heterocycles. The largest absolute Gasteiger partial charge is 0.270 e. The number of halogens is 1. The lowest BCUT2D eigenvalue weighted by atomic mass is 9.95. The number of nitrogens with one attached hydrogen (secondary N) is 1. The van der Waals surface area contributed by atoms with Gasteiger partial charge in [0.1, 0.15) is 11.4 Å².